The Morgan fingerprint density at radius 2 is 1.72 bits per heavy atom. The van der Waals surface area contributed by atoms with E-state index in [4.69, 9.17) is 10.3 Å². The third-order valence-corrected chi connectivity index (χ3v) is 5.74. The van der Waals surface area contributed by atoms with Crippen LogP contribution in [0.4, 0.5) is 5.88 Å². The lowest BCUT2D eigenvalue weighted by Crippen LogP contribution is -2.44. The Bertz CT molecular complexity index is 437. The second-order valence-corrected chi connectivity index (χ2v) is 6.72. The van der Waals surface area contributed by atoms with Crippen molar-refractivity contribution in [2.75, 3.05) is 5.73 Å². The van der Waals surface area contributed by atoms with Crippen molar-refractivity contribution in [3.8, 4) is 0 Å². The van der Waals surface area contributed by atoms with Gasteiger partial charge in [-0.05, 0) is 62.2 Å². The minimum atomic E-state index is 0.557. The number of nitrogens with two attached hydrogens (primary N) is 1. The number of aromatic nitrogens is 1. The van der Waals surface area contributed by atoms with Gasteiger partial charge in [0.25, 0.3) is 0 Å². The molecule has 4 aliphatic carbocycles. The summed E-state index contributed by atoms with van der Waals surface area (Å²) in [6.07, 6.45) is 8.15. The minimum absolute atomic E-state index is 0.557. The molecule has 4 aliphatic rings. The Morgan fingerprint density at radius 1 is 1.11 bits per heavy atom. The summed E-state index contributed by atoms with van der Waals surface area (Å²) in [5.41, 5.74) is 8.32. The lowest BCUT2D eigenvalue weighted by Gasteiger charge is -2.54. The molecular formula is C15H22N2O. The summed E-state index contributed by atoms with van der Waals surface area (Å²) in [6.45, 7) is 2.16. The number of hydrogen-bond acceptors (Lipinski definition) is 3. The van der Waals surface area contributed by atoms with E-state index in [1.165, 1.54) is 43.4 Å². The van der Waals surface area contributed by atoms with Crippen LogP contribution in [0.3, 0.4) is 0 Å². The van der Waals surface area contributed by atoms with Crippen molar-refractivity contribution in [2.45, 2.75) is 51.4 Å². The lowest BCUT2D eigenvalue weighted by atomic mass is 9.51. The normalized spacial score (nSPS) is 41.5. The molecule has 1 aromatic rings. The molecule has 0 spiro atoms. The summed E-state index contributed by atoms with van der Waals surface area (Å²) in [6, 6.07) is 0. The van der Waals surface area contributed by atoms with Crippen LogP contribution in [-0.2, 0) is 6.42 Å². The smallest absolute Gasteiger partial charge is 0.225 e. The molecule has 98 valence electrons. The van der Waals surface area contributed by atoms with Crippen molar-refractivity contribution >= 4 is 5.88 Å². The Labute approximate surface area is 108 Å². The predicted octanol–water partition coefficient (Wildman–Crippen LogP) is 3.36. The van der Waals surface area contributed by atoms with Crippen LogP contribution >= 0.6 is 0 Å². The van der Waals surface area contributed by atoms with Crippen LogP contribution in [0.25, 0.3) is 0 Å². The topological polar surface area (TPSA) is 52.0 Å². The van der Waals surface area contributed by atoms with Crippen molar-refractivity contribution < 1.29 is 4.52 Å². The molecule has 4 fully saturated rings. The molecule has 0 aromatic carbocycles. The number of rotatable bonds is 2. The maximum Gasteiger partial charge on any atom is 0.225 e. The highest BCUT2D eigenvalue weighted by Gasteiger charge is 2.50. The summed E-state index contributed by atoms with van der Waals surface area (Å²) in [5.74, 6) is 4.94. The van der Waals surface area contributed by atoms with E-state index in [2.05, 4.69) is 12.1 Å². The summed E-state index contributed by atoms with van der Waals surface area (Å²) < 4.78 is 5.27. The molecule has 0 aliphatic heterocycles. The third kappa shape index (κ3) is 1.39. The number of nitrogen functional groups attached to an aromatic ring is 1. The average Bonchev–Trinajstić information content (AvgIpc) is 2.69. The fourth-order valence-corrected chi connectivity index (χ4v) is 5.32. The highest BCUT2D eigenvalue weighted by atomic mass is 16.5. The maximum absolute atomic E-state index is 5.92. The maximum atomic E-state index is 5.92. The molecule has 0 atom stereocenters. The van der Waals surface area contributed by atoms with Crippen molar-refractivity contribution in [1.82, 2.24) is 5.16 Å². The third-order valence-electron chi connectivity index (χ3n) is 5.74. The van der Waals surface area contributed by atoms with E-state index in [0.29, 0.717) is 11.8 Å². The summed E-state index contributed by atoms with van der Waals surface area (Å²) >= 11 is 0. The molecule has 4 saturated carbocycles. The van der Waals surface area contributed by atoms with Gasteiger partial charge in [-0.15, -0.1) is 0 Å². The summed E-state index contributed by atoms with van der Waals surface area (Å²) in [7, 11) is 0. The summed E-state index contributed by atoms with van der Waals surface area (Å²) in [5, 5.41) is 4.33. The minimum Gasteiger partial charge on any atom is -0.367 e. The predicted molar refractivity (Wildman–Crippen MR) is 70.1 cm³/mol. The highest BCUT2D eigenvalue weighted by Crippen LogP contribution is 2.60. The molecule has 1 heterocycles. The molecule has 18 heavy (non-hydrogen) atoms. The SMILES string of the molecule is CCc1c(C2C3CC4CC(C3)CC2C4)noc1N. The molecule has 2 N–H and O–H groups in total. The Balaban J connectivity index is 1.72. The zero-order valence-electron chi connectivity index (χ0n) is 11.1. The van der Waals surface area contributed by atoms with E-state index in [1.54, 1.807) is 0 Å². The standard InChI is InChI=1S/C15H22N2O/c1-2-12-14(17-18-15(12)16)13-10-4-8-3-9(6-10)7-11(13)5-8/h8-11,13H,2-7,16H2,1H3. The first-order valence-corrected chi connectivity index (χ1v) is 7.50. The zero-order chi connectivity index (χ0) is 12.3. The number of nitrogens with zero attached hydrogens (tertiary/aromatic N) is 1. The average molecular weight is 246 g/mol. The number of anilines is 1. The van der Waals surface area contributed by atoms with E-state index in [1.807, 2.05) is 0 Å². The van der Waals surface area contributed by atoms with Gasteiger partial charge in [0, 0.05) is 11.5 Å². The van der Waals surface area contributed by atoms with E-state index in [9.17, 15) is 0 Å². The Morgan fingerprint density at radius 3 is 2.28 bits per heavy atom. The lowest BCUT2D eigenvalue weighted by molar-refractivity contribution is -0.00528. The highest BCUT2D eigenvalue weighted by molar-refractivity contribution is 5.41. The van der Waals surface area contributed by atoms with Gasteiger partial charge < -0.3 is 10.3 Å². The quantitative estimate of drug-likeness (QED) is 0.870. The van der Waals surface area contributed by atoms with Gasteiger partial charge in [0.1, 0.15) is 0 Å². The number of hydrogen-bond donors (Lipinski definition) is 1. The molecule has 0 unspecified atom stereocenters. The Kier molecular flexibility index (Phi) is 2.27. The van der Waals surface area contributed by atoms with Gasteiger partial charge >= 0.3 is 0 Å². The second-order valence-electron chi connectivity index (χ2n) is 6.72. The Hall–Kier alpha value is -0.990. The van der Waals surface area contributed by atoms with Crippen molar-refractivity contribution in [1.29, 1.82) is 0 Å². The molecular weight excluding hydrogens is 224 g/mol. The first-order valence-electron chi connectivity index (χ1n) is 7.50. The van der Waals surface area contributed by atoms with Gasteiger partial charge in [-0.2, -0.15) is 0 Å². The van der Waals surface area contributed by atoms with Crippen LogP contribution in [0.5, 0.6) is 0 Å². The fourth-order valence-electron chi connectivity index (χ4n) is 5.32. The van der Waals surface area contributed by atoms with Crippen LogP contribution in [0.2, 0.25) is 0 Å². The van der Waals surface area contributed by atoms with Crippen molar-refractivity contribution in [3.63, 3.8) is 0 Å². The van der Waals surface area contributed by atoms with E-state index < -0.39 is 0 Å². The van der Waals surface area contributed by atoms with E-state index in [0.717, 1.165) is 30.1 Å². The molecule has 3 nitrogen and oxygen atoms in total. The van der Waals surface area contributed by atoms with E-state index in [-0.39, 0.29) is 0 Å². The van der Waals surface area contributed by atoms with Crippen LogP contribution in [-0.4, -0.2) is 5.16 Å². The molecule has 3 heteroatoms. The molecule has 0 saturated heterocycles. The second kappa shape index (κ2) is 3.75. The van der Waals surface area contributed by atoms with Gasteiger partial charge in [-0.3, -0.25) is 0 Å². The first kappa shape index (κ1) is 10.9. The molecule has 1 aromatic heterocycles. The van der Waals surface area contributed by atoms with Gasteiger partial charge in [0.05, 0.1) is 5.69 Å². The van der Waals surface area contributed by atoms with E-state index >= 15 is 0 Å². The van der Waals surface area contributed by atoms with Crippen molar-refractivity contribution in [3.05, 3.63) is 11.3 Å². The van der Waals surface area contributed by atoms with Crippen LogP contribution in [0, 0.1) is 23.7 Å². The van der Waals surface area contributed by atoms with Gasteiger partial charge in [0.15, 0.2) is 0 Å². The van der Waals surface area contributed by atoms with Crippen molar-refractivity contribution in [2.24, 2.45) is 23.7 Å². The summed E-state index contributed by atoms with van der Waals surface area (Å²) in [4.78, 5) is 0. The van der Waals surface area contributed by atoms with Gasteiger partial charge in [-0.1, -0.05) is 12.1 Å². The monoisotopic (exact) mass is 246 g/mol. The largest absolute Gasteiger partial charge is 0.367 e. The fraction of sp³-hybridized carbons (Fsp3) is 0.800. The van der Waals surface area contributed by atoms with Crippen LogP contribution in [0.1, 0.15) is 56.2 Å². The van der Waals surface area contributed by atoms with Gasteiger partial charge in [-0.25, -0.2) is 0 Å². The van der Waals surface area contributed by atoms with Gasteiger partial charge in [0.2, 0.25) is 5.88 Å². The molecule has 4 bridgehead atoms. The van der Waals surface area contributed by atoms with Crippen LogP contribution in [0.15, 0.2) is 4.52 Å². The van der Waals surface area contributed by atoms with Crippen LogP contribution < -0.4 is 5.73 Å². The zero-order valence-corrected chi connectivity index (χ0v) is 11.1. The molecule has 0 radical (unpaired) electrons. The molecule has 0 amide bonds. The first-order chi connectivity index (χ1) is 8.76. The molecule has 5 rings (SSSR count).